The van der Waals surface area contributed by atoms with Crippen molar-refractivity contribution in [3.05, 3.63) is 0 Å². The highest BCUT2D eigenvalue weighted by atomic mass is 19.4. The maximum Gasteiger partial charge on any atom is 0.457 e. The predicted molar refractivity (Wildman–Crippen MR) is 27.1 cm³/mol. The van der Waals surface area contributed by atoms with Crippen LogP contribution in [0.15, 0.2) is 0 Å². The van der Waals surface area contributed by atoms with Gasteiger partial charge < -0.3 is 10.2 Å². The van der Waals surface area contributed by atoms with Gasteiger partial charge in [-0.25, -0.2) is 0 Å². The predicted octanol–water partition coefficient (Wildman–Crippen LogP) is 0.795. The lowest BCUT2D eigenvalue weighted by atomic mass is 10.3. The van der Waals surface area contributed by atoms with Crippen LogP contribution < -0.4 is 0 Å². The van der Waals surface area contributed by atoms with E-state index in [2.05, 4.69) is 0 Å². The molecule has 2 nitrogen and oxygen atoms in total. The zero-order valence-electron chi connectivity index (χ0n) is 5.66. The molecular weight excluding hydrogens is 206 g/mol. The van der Waals surface area contributed by atoms with Gasteiger partial charge in [-0.05, 0) is 5.92 Å². The van der Waals surface area contributed by atoms with E-state index in [0.717, 1.165) is 0 Å². The van der Waals surface area contributed by atoms with Crippen LogP contribution in [-0.2, 0) is 0 Å². The van der Waals surface area contributed by atoms with E-state index in [4.69, 9.17) is 10.2 Å². The highest BCUT2D eigenvalue weighted by molar-refractivity contribution is 5.15. The standard InChI is InChI=1S/C5H2F6O2/c6-4(7,8)2-1-3(12,13)5(9,10)11/h12-13H. The van der Waals surface area contributed by atoms with Crippen LogP contribution in [-0.4, -0.2) is 28.4 Å². The molecule has 13 heavy (non-hydrogen) atoms. The summed E-state index contributed by atoms with van der Waals surface area (Å²) in [6.07, 6.45) is -10.9. The van der Waals surface area contributed by atoms with Gasteiger partial charge in [-0.15, -0.1) is 0 Å². The molecular formula is C5H2F6O2. The molecule has 0 aliphatic rings. The Hall–Kier alpha value is -0.940. The van der Waals surface area contributed by atoms with Crippen LogP contribution in [0.3, 0.4) is 0 Å². The second-order valence-electron chi connectivity index (χ2n) is 1.92. The number of halogens is 6. The Balaban J connectivity index is 4.77. The van der Waals surface area contributed by atoms with Crippen molar-refractivity contribution in [2.75, 3.05) is 0 Å². The first kappa shape index (κ1) is 12.1. The molecule has 0 aromatic carbocycles. The molecule has 0 radical (unpaired) electrons. The average Bonchev–Trinajstić information content (AvgIpc) is 1.79. The Morgan fingerprint density at radius 1 is 0.769 bits per heavy atom. The van der Waals surface area contributed by atoms with Crippen LogP contribution in [0.5, 0.6) is 0 Å². The summed E-state index contributed by atoms with van der Waals surface area (Å²) in [6.45, 7) is 0. The molecule has 2 N–H and O–H groups in total. The SMILES string of the molecule is OC(O)(C#CC(F)(F)F)C(F)(F)F. The minimum absolute atomic E-state index is 0.0987. The van der Waals surface area contributed by atoms with E-state index < -0.39 is 18.1 Å². The van der Waals surface area contributed by atoms with Crippen molar-refractivity contribution in [1.29, 1.82) is 0 Å². The molecule has 76 valence electrons. The summed E-state index contributed by atoms with van der Waals surface area (Å²) in [7, 11) is 0. The Labute approximate surface area is 67.8 Å². The molecule has 0 bridgehead atoms. The lowest BCUT2D eigenvalue weighted by Crippen LogP contribution is -2.43. The van der Waals surface area contributed by atoms with Gasteiger partial charge in [-0.1, -0.05) is 0 Å². The monoisotopic (exact) mass is 208 g/mol. The Kier molecular flexibility index (Phi) is 2.86. The van der Waals surface area contributed by atoms with Crippen LogP contribution in [0.2, 0.25) is 0 Å². The van der Waals surface area contributed by atoms with Crippen LogP contribution in [0.4, 0.5) is 26.3 Å². The van der Waals surface area contributed by atoms with Gasteiger partial charge in [-0.3, -0.25) is 0 Å². The quantitative estimate of drug-likeness (QED) is 0.351. The molecule has 0 saturated heterocycles. The molecule has 0 amide bonds. The minimum atomic E-state index is -5.65. The maximum absolute atomic E-state index is 11.4. The summed E-state index contributed by atoms with van der Waals surface area (Å²) in [5.41, 5.74) is 0. The van der Waals surface area contributed by atoms with E-state index in [9.17, 15) is 26.3 Å². The number of hydrogen-bond donors (Lipinski definition) is 2. The average molecular weight is 208 g/mol. The van der Waals surface area contributed by atoms with Crippen molar-refractivity contribution in [3.63, 3.8) is 0 Å². The molecule has 0 saturated carbocycles. The number of aliphatic hydroxyl groups is 2. The van der Waals surface area contributed by atoms with Crippen molar-refractivity contribution in [3.8, 4) is 11.8 Å². The molecule has 0 atom stereocenters. The first-order valence-electron chi connectivity index (χ1n) is 2.58. The summed E-state index contributed by atoms with van der Waals surface area (Å²) < 4.78 is 67.9. The number of hydrogen-bond acceptors (Lipinski definition) is 2. The van der Waals surface area contributed by atoms with Gasteiger partial charge in [0.1, 0.15) is 0 Å². The third kappa shape index (κ3) is 4.00. The van der Waals surface area contributed by atoms with E-state index >= 15 is 0 Å². The Morgan fingerprint density at radius 2 is 1.15 bits per heavy atom. The summed E-state index contributed by atoms with van der Waals surface area (Å²) >= 11 is 0. The fourth-order valence-electron chi connectivity index (χ4n) is 0.229. The van der Waals surface area contributed by atoms with Crippen molar-refractivity contribution in [1.82, 2.24) is 0 Å². The van der Waals surface area contributed by atoms with Crippen LogP contribution in [0, 0.1) is 11.8 Å². The van der Waals surface area contributed by atoms with Gasteiger partial charge >= 0.3 is 18.1 Å². The highest BCUT2D eigenvalue weighted by Crippen LogP contribution is 2.27. The normalized spacial score (nSPS) is 13.5. The van der Waals surface area contributed by atoms with Crippen molar-refractivity contribution < 1.29 is 36.6 Å². The third-order valence-corrected chi connectivity index (χ3v) is 0.774. The van der Waals surface area contributed by atoms with Gasteiger partial charge in [0.25, 0.3) is 0 Å². The Bertz CT molecular complexity index is 238. The molecule has 0 fully saturated rings. The zero-order chi connectivity index (χ0) is 10.9. The number of alkyl halides is 6. The van der Waals surface area contributed by atoms with E-state index in [-0.39, 0.29) is 11.8 Å². The lowest BCUT2D eigenvalue weighted by molar-refractivity contribution is -0.318. The summed E-state index contributed by atoms with van der Waals surface area (Å²) in [5.74, 6) is -4.29. The van der Waals surface area contributed by atoms with Gasteiger partial charge in [0.05, 0.1) is 0 Å². The summed E-state index contributed by atoms with van der Waals surface area (Å²) in [6, 6.07) is 0. The smallest absolute Gasteiger partial charge is 0.349 e. The van der Waals surface area contributed by atoms with E-state index in [1.54, 1.807) is 0 Å². The van der Waals surface area contributed by atoms with E-state index in [1.807, 2.05) is 0 Å². The number of rotatable bonds is 0. The van der Waals surface area contributed by atoms with Gasteiger partial charge in [-0.2, -0.15) is 26.3 Å². The van der Waals surface area contributed by atoms with Gasteiger partial charge in [0.2, 0.25) is 0 Å². The largest absolute Gasteiger partial charge is 0.457 e. The topological polar surface area (TPSA) is 40.5 Å². The third-order valence-electron chi connectivity index (χ3n) is 0.774. The molecule has 0 aliphatic carbocycles. The first-order chi connectivity index (χ1) is 5.46. The molecule has 0 aromatic rings. The van der Waals surface area contributed by atoms with E-state index in [1.165, 1.54) is 0 Å². The molecule has 0 unspecified atom stereocenters. The van der Waals surface area contributed by atoms with Crippen LogP contribution in [0.25, 0.3) is 0 Å². The fourth-order valence-corrected chi connectivity index (χ4v) is 0.229. The minimum Gasteiger partial charge on any atom is -0.349 e. The van der Waals surface area contributed by atoms with Crippen molar-refractivity contribution in [2.45, 2.75) is 18.1 Å². The highest BCUT2D eigenvalue weighted by Gasteiger charge is 2.52. The van der Waals surface area contributed by atoms with Crippen molar-refractivity contribution in [2.24, 2.45) is 0 Å². The van der Waals surface area contributed by atoms with Gasteiger partial charge in [0, 0.05) is 5.92 Å². The molecule has 0 spiro atoms. The zero-order valence-corrected chi connectivity index (χ0v) is 5.66. The molecule has 0 aromatic heterocycles. The maximum atomic E-state index is 11.4. The second-order valence-corrected chi connectivity index (χ2v) is 1.92. The second kappa shape index (κ2) is 3.08. The van der Waals surface area contributed by atoms with Crippen molar-refractivity contribution >= 4 is 0 Å². The van der Waals surface area contributed by atoms with Gasteiger partial charge in [0.15, 0.2) is 0 Å². The molecule has 0 rings (SSSR count). The summed E-state index contributed by atoms with van der Waals surface area (Å²) in [4.78, 5) is 0. The first-order valence-corrected chi connectivity index (χ1v) is 2.58. The lowest BCUT2D eigenvalue weighted by Gasteiger charge is -2.17. The fraction of sp³-hybridized carbons (Fsp3) is 0.600. The summed E-state index contributed by atoms with van der Waals surface area (Å²) in [5, 5.41) is 15.9. The van der Waals surface area contributed by atoms with Crippen LogP contribution >= 0.6 is 0 Å². The molecule has 0 aliphatic heterocycles. The molecule has 0 heterocycles. The van der Waals surface area contributed by atoms with E-state index in [0.29, 0.717) is 0 Å². The van der Waals surface area contributed by atoms with Crippen LogP contribution in [0.1, 0.15) is 0 Å². The Morgan fingerprint density at radius 3 is 1.38 bits per heavy atom. The molecule has 8 heteroatoms.